The Labute approximate surface area is 124 Å². The molecule has 1 fully saturated rings. The van der Waals surface area contributed by atoms with Crippen LogP contribution in [0.1, 0.15) is 37.7 Å². The van der Waals surface area contributed by atoms with Crippen molar-refractivity contribution in [3.05, 3.63) is 22.4 Å². The lowest BCUT2D eigenvalue weighted by molar-refractivity contribution is 0.412. The molecule has 0 radical (unpaired) electrons. The molecule has 0 bridgehead atoms. The van der Waals surface area contributed by atoms with Gasteiger partial charge in [-0.1, -0.05) is 19.3 Å². The molecule has 0 aliphatic heterocycles. The molecule has 1 aliphatic carbocycles. The van der Waals surface area contributed by atoms with Gasteiger partial charge in [-0.25, -0.2) is 4.99 Å². The highest BCUT2D eigenvalue weighted by molar-refractivity contribution is 14.0. The lowest BCUT2D eigenvalue weighted by atomic mass is 9.96. The van der Waals surface area contributed by atoms with Crippen molar-refractivity contribution in [3.8, 4) is 0 Å². The third-order valence-electron chi connectivity index (χ3n) is 2.97. The van der Waals surface area contributed by atoms with Gasteiger partial charge < -0.3 is 11.1 Å². The number of aliphatic imine (C=N–C) groups is 1. The first-order chi connectivity index (χ1) is 7.84. The Bertz CT molecular complexity index is 332. The molecule has 1 aromatic heterocycles. The third kappa shape index (κ3) is 5.25. The molecule has 1 saturated carbocycles. The number of nitrogens with one attached hydrogen (secondary N) is 1. The number of nitrogens with two attached hydrogens (primary N) is 1. The van der Waals surface area contributed by atoms with Crippen LogP contribution in [-0.2, 0) is 6.54 Å². The van der Waals surface area contributed by atoms with E-state index in [4.69, 9.17) is 5.73 Å². The summed E-state index contributed by atoms with van der Waals surface area (Å²) in [7, 11) is 0. The van der Waals surface area contributed by atoms with Gasteiger partial charge in [0.1, 0.15) is 0 Å². The lowest BCUT2D eigenvalue weighted by Crippen LogP contribution is -2.41. The normalized spacial score (nSPS) is 17.5. The van der Waals surface area contributed by atoms with Crippen molar-refractivity contribution in [2.24, 2.45) is 10.7 Å². The zero-order chi connectivity index (χ0) is 11.2. The Morgan fingerprint density at radius 1 is 1.41 bits per heavy atom. The summed E-state index contributed by atoms with van der Waals surface area (Å²) in [6, 6.07) is 2.63. The van der Waals surface area contributed by atoms with Crippen LogP contribution < -0.4 is 11.1 Å². The number of hydrogen-bond donors (Lipinski definition) is 2. The molecule has 17 heavy (non-hydrogen) atoms. The molecule has 0 aromatic carbocycles. The molecule has 0 amide bonds. The van der Waals surface area contributed by atoms with Crippen LogP contribution in [-0.4, -0.2) is 12.0 Å². The van der Waals surface area contributed by atoms with E-state index in [0.29, 0.717) is 18.5 Å². The first-order valence-corrected chi connectivity index (χ1v) is 6.86. The van der Waals surface area contributed by atoms with Gasteiger partial charge in [0, 0.05) is 6.04 Å². The molecule has 0 spiro atoms. The first kappa shape index (κ1) is 14.8. The topological polar surface area (TPSA) is 50.4 Å². The van der Waals surface area contributed by atoms with Crippen LogP contribution in [0.2, 0.25) is 0 Å². The summed E-state index contributed by atoms with van der Waals surface area (Å²) in [6.45, 7) is 0.690. The Morgan fingerprint density at radius 3 is 2.82 bits per heavy atom. The zero-order valence-electron chi connectivity index (χ0n) is 9.89. The van der Waals surface area contributed by atoms with Crippen LogP contribution in [0.3, 0.4) is 0 Å². The predicted octanol–water partition coefficient (Wildman–Crippen LogP) is 3.10. The molecule has 1 aromatic rings. The second-order valence-corrected chi connectivity index (χ2v) is 5.09. The Hall–Kier alpha value is -0.300. The minimum Gasteiger partial charge on any atom is -0.370 e. The van der Waals surface area contributed by atoms with Crippen molar-refractivity contribution in [1.82, 2.24) is 5.32 Å². The van der Waals surface area contributed by atoms with Gasteiger partial charge in [0.05, 0.1) is 6.54 Å². The van der Waals surface area contributed by atoms with Gasteiger partial charge in [-0.2, -0.15) is 11.3 Å². The minimum absolute atomic E-state index is 0. The van der Waals surface area contributed by atoms with Gasteiger partial charge in [0.15, 0.2) is 5.96 Å². The van der Waals surface area contributed by atoms with Crippen molar-refractivity contribution in [3.63, 3.8) is 0 Å². The minimum atomic E-state index is 0. The molecule has 1 heterocycles. The first-order valence-electron chi connectivity index (χ1n) is 5.92. The van der Waals surface area contributed by atoms with Gasteiger partial charge in [-0.05, 0) is 35.2 Å². The summed E-state index contributed by atoms with van der Waals surface area (Å²) in [5.41, 5.74) is 7.10. The van der Waals surface area contributed by atoms with E-state index < -0.39 is 0 Å². The van der Waals surface area contributed by atoms with E-state index in [1.165, 1.54) is 37.7 Å². The fourth-order valence-corrected chi connectivity index (χ4v) is 2.72. The number of nitrogens with zero attached hydrogens (tertiary/aromatic N) is 1. The number of halogens is 1. The fraction of sp³-hybridized carbons (Fsp3) is 0.583. The average Bonchev–Trinajstić information content (AvgIpc) is 2.81. The van der Waals surface area contributed by atoms with E-state index in [-0.39, 0.29) is 24.0 Å². The van der Waals surface area contributed by atoms with Crippen LogP contribution in [0, 0.1) is 0 Å². The number of rotatable bonds is 3. The number of hydrogen-bond acceptors (Lipinski definition) is 2. The maximum atomic E-state index is 5.86. The molecule has 1 aliphatic rings. The van der Waals surface area contributed by atoms with E-state index in [1.807, 2.05) is 0 Å². The van der Waals surface area contributed by atoms with Gasteiger partial charge in [0.25, 0.3) is 0 Å². The van der Waals surface area contributed by atoms with E-state index >= 15 is 0 Å². The summed E-state index contributed by atoms with van der Waals surface area (Å²) >= 11 is 1.70. The second kappa shape index (κ2) is 7.92. The third-order valence-corrected chi connectivity index (χ3v) is 3.70. The molecule has 3 N–H and O–H groups in total. The summed E-state index contributed by atoms with van der Waals surface area (Å²) in [6.07, 6.45) is 6.46. The van der Waals surface area contributed by atoms with E-state index in [9.17, 15) is 0 Å². The molecule has 3 nitrogen and oxygen atoms in total. The monoisotopic (exact) mass is 365 g/mol. The quantitative estimate of drug-likeness (QED) is 0.491. The molecule has 0 saturated heterocycles. The lowest BCUT2D eigenvalue weighted by Gasteiger charge is -2.23. The van der Waals surface area contributed by atoms with Crippen LogP contribution >= 0.6 is 35.3 Å². The van der Waals surface area contributed by atoms with E-state index in [0.717, 1.165) is 0 Å². The van der Waals surface area contributed by atoms with Crippen LogP contribution in [0.25, 0.3) is 0 Å². The summed E-state index contributed by atoms with van der Waals surface area (Å²) in [5.74, 6) is 0.595. The maximum absolute atomic E-state index is 5.86. The van der Waals surface area contributed by atoms with Crippen LogP contribution in [0.5, 0.6) is 0 Å². The zero-order valence-corrected chi connectivity index (χ0v) is 13.0. The molecule has 0 atom stereocenters. The van der Waals surface area contributed by atoms with Crippen molar-refractivity contribution in [1.29, 1.82) is 0 Å². The molecule has 2 rings (SSSR count). The summed E-state index contributed by atoms with van der Waals surface area (Å²) in [5, 5.41) is 7.49. The van der Waals surface area contributed by atoms with E-state index in [2.05, 4.69) is 27.1 Å². The predicted molar refractivity (Wildman–Crippen MR) is 85.1 cm³/mol. The highest BCUT2D eigenvalue weighted by atomic mass is 127. The van der Waals surface area contributed by atoms with Gasteiger partial charge in [-0.3, -0.25) is 0 Å². The van der Waals surface area contributed by atoms with Crippen LogP contribution in [0.4, 0.5) is 0 Å². The number of guanidine groups is 1. The molecular formula is C12H20IN3S. The summed E-state index contributed by atoms with van der Waals surface area (Å²) < 4.78 is 0. The molecular weight excluding hydrogens is 345 g/mol. The maximum Gasteiger partial charge on any atom is 0.189 e. The molecule has 5 heteroatoms. The van der Waals surface area contributed by atoms with Crippen molar-refractivity contribution < 1.29 is 0 Å². The van der Waals surface area contributed by atoms with Crippen LogP contribution in [0.15, 0.2) is 21.8 Å². The Balaban J connectivity index is 0.00000144. The smallest absolute Gasteiger partial charge is 0.189 e. The second-order valence-electron chi connectivity index (χ2n) is 4.31. The molecule has 96 valence electrons. The highest BCUT2D eigenvalue weighted by Gasteiger charge is 2.12. The van der Waals surface area contributed by atoms with Crippen molar-refractivity contribution >= 4 is 41.3 Å². The Morgan fingerprint density at radius 2 is 2.18 bits per heavy atom. The Kier molecular flexibility index (Phi) is 6.87. The molecule has 0 unspecified atom stereocenters. The van der Waals surface area contributed by atoms with Gasteiger partial charge in [-0.15, -0.1) is 24.0 Å². The highest BCUT2D eigenvalue weighted by Crippen LogP contribution is 2.17. The average molecular weight is 365 g/mol. The van der Waals surface area contributed by atoms with Gasteiger partial charge >= 0.3 is 0 Å². The summed E-state index contributed by atoms with van der Waals surface area (Å²) in [4.78, 5) is 4.35. The largest absolute Gasteiger partial charge is 0.370 e. The fourth-order valence-electron chi connectivity index (χ4n) is 2.06. The standard InChI is InChI=1S/C12H19N3S.HI/c13-12(14-8-10-6-7-16-9-10)15-11-4-2-1-3-5-11;/h6-7,9,11H,1-5,8H2,(H3,13,14,15);1H. The number of thiophene rings is 1. The van der Waals surface area contributed by atoms with Gasteiger partial charge in [0.2, 0.25) is 0 Å². The van der Waals surface area contributed by atoms with E-state index in [1.54, 1.807) is 11.3 Å². The van der Waals surface area contributed by atoms with Crippen molar-refractivity contribution in [2.75, 3.05) is 0 Å². The van der Waals surface area contributed by atoms with Crippen molar-refractivity contribution in [2.45, 2.75) is 44.7 Å². The SMILES string of the molecule is I.NC(=NCc1ccsc1)NC1CCCCC1.